The number of amides is 1. The Hall–Kier alpha value is -3.06. The molecular formula is C20H17N3O3S. The Morgan fingerprint density at radius 1 is 1.11 bits per heavy atom. The van der Waals surface area contributed by atoms with Crippen molar-refractivity contribution in [3.8, 4) is 22.8 Å². The summed E-state index contributed by atoms with van der Waals surface area (Å²) in [4.78, 5) is 18.3. The van der Waals surface area contributed by atoms with Gasteiger partial charge in [-0.25, -0.2) is 4.98 Å². The molecule has 5 rings (SSSR count). The number of likely N-dealkylation sites (N-methyl/N-ethyl adjacent to an activating group) is 1. The molecule has 2 aliphatic heterocycles. The molecule has 0 saturated heterocycles. The highest BCUT2D eigenvalue weighted by Gasteiger charge is 2.24. The van der Waals surface area contributed by atoms with Gasteiger partial charge < -0.3 is 19.7 Å². The lowest BCUT2D eigenvalue weighted by molar-refractivity contribution is -0.117. The summed E-state index contributed by atoms with van der Waals surface area (Å²) >= 11 is 1.54. The van der Waals surface area contributed by atoms with Crippen LogP contribution in [0, 0.1) is 0 Å². The summed E-state index contributed by atoms with van der Waals surface area (Å²) in [7, 11) is 1.81. The standard InChI is InChI=1S/C20H17N3O3S/c1-23-16-4-2-12(8-13(16)9-19(23)24)15-11-27-20(22-15)21-14-3-5-17-18(10-14)26-7-6-25-17/h2-5,8,10-11H,6-7,9H2,1H3,(H,21,22). The number of ether oxygens (including phenoxy) is 2. The van der Waals surface area contributed by atoms with E-state index in [0.29, 0.717) is 19.6 Å². The van der Waals surface area contributed by atoms with Gasteiger partial charge in [-0.3, -0.25) is 4.79 Å². The first-order valence-electron chi connectivity index (χ1n) is 8.69. The summed E-state index contributed by atoms with van der Waals surface area (Å²) in [6, 6.07) is 11.8. The molecule has 0 unspecified atom stereocenters. The maximum Gasteiger partial charge on any atom is 0.231 e. The van der Waals surface area contributed by atoms with Crippen molar-refractivity contribution < 1.29 is 14.3 Å². The molecule has 7 heteroatoms. The normalized spacial score (nSPS) is 15.0. The van der Waals surface area contributed by atoms with Crippen molar-refractivity contribution in [2.75, 3.05) is 30.5 Å². The van der Waals surface area contributed by atoms with Gasteiger partial charge >= 0.3 is 0 Å². The fourth-order valence-corrected chi connectivity index (χ4v) is 4.08. The maximum atomic E-state index is 11.9. The van der Waals surface area contributed by atoms with Crippen LogP contribution >= 0.6 is 11.3 Å². The number of thiazole rings is 1. The average molecular weight is 379 g/mol. The molecule has 136 valence electrons. The Kier molecular flexibility index (Phi) is 3.75. The number of hydrogen-bond donors (Lipinski definition) is 1. The zero-order chi connectivity index (χ0) is 18.4. The van der Waals surface area contributed by atoms with Gasteiger partial charge in [-0.15, -0.1) is 11.3 Å². The first-order valence-corrected chi connectivity index (χ1v) is 9.57. The minimum absolute atomic E-state index is 0.126. The van der Waals surface area contributed by atoms with Gasteiger partial charge in [0.2, 0.25) is 5.91 Å². The van der Waals surface area contributed by atoms with E-state index in [2.05, 4.69) is 16.4 Å². The number of fused-ring (bicyclic) bond motifs is 2. The van der Waals surface area contributed by atoms with Gasteiger partial charge in [-0.05, 0) is 29.8 Å². The van der Waals surface area contributed by atoms with Crippen LogP contribution in [-0.4, -0.2) is 31.2 Å². The Balaban J connectivity index is 1.38. The van der Waals surface area contributed by atoms with Gasteiger partial charge in [0.25, 0.3) is 0 Å². The van der Waals surface area contributed by atoms with Crippen LogP contribution in [0.2, 0.25) is 0 Å². The molecule has 27 heavy (non-hydrogen) atoms. The lowest BCUT2D eigenvalue weighted by Crippen LogP contribution is -2.20. The molecule has 0 radical (unpaired) electrons. The minimum Gasteiger partial charge on any atom is -0.486 e. The van der Waals surface area contributed by atoms with E-state index < -0.39 is 0 Å². The molecule has 2 aliphatic rings. The van der Waals surface area contributed by atoms with E-state index in [1.54, 1.807) is 4.90 Å². The van der Waals surface area contributed by atoms with Gasteiger partial charge in [0.1, 0.15) is 13.2 Å². The van der Waals surface area contributed by atoms with Crippen LogP contribution in [0.25, 0.3) is 11.3 Å². The van der Waals surface area contributed by atoms with Crippen molar-refractivity contribution in [3.05, 3.63) is 47.3 Å². The Labute approximate surface area is 160 Å². The monoisotopic (exact) mass is 379 g/mol. The molecule has 3 aromatic rings. The number of nitrogens with zero attached hydrogens (tertiary/aromatic N) is 2. The predicted molar refractivity (Wildman–Crippen MR) is 105 cm³/mol. The molecule has 1 N–H and O–H groups in total. The van der Waals surface area contributed by atoms with Crippen LogP contribution in [0.15, 0.2) is 41.8 Å². The van der Waals surface area contributed by atoms with Crippen molar-refractivity contribution in [1.29, 1.82) is 0 Å². The SMILES string of the molecule is CN1C(=O)Cc2cc(-c3csc(Nc4ccc5c(c4)OCCO5)n3)ccc21. The highest BCUT2D eigenvalue weighted by Crippen LogP contribution is 2.36. The zero-order valence-electron chi connectivity index (χ0n) is 14.7. The second kappa shape index (κ2) is 6.28. The van der Waals surface area contributed by atoms with Crippen molar-refractivity contribution >= 4 is 33.8 Å². The molecule has 0 aliphatic carbocycles. The number of rotatable bonds is 3. The van der Waals surface area contributed by atoms with Crippen molar-refractivity contribution in [2.24, 2.45) is 0 Å². The highest BCUT2D eigenvalue weighted by atomic mass is 32.1. The summed E-state index contributed by atoms with van der Waals surface area (Å²) in [5.74, 6) is 1.64. The fraction of sp³-hybridized carbons (Fsp3) is 0.200. The number of hydrogen-bond acceptors (Lipinski definition) is 6. The van der Waals surface area contributed by atoms with E-state index in [1.807, 2.05) is 42.8 Å². The van der Waals surface area contributed by atoms with E-state index >= 15 is 0 Å². The number of carbonyl (C=O) groups excluding carboxylic acids is 1. The predicted octanol–water partition coefficient (Wildman–Crippen LogP) is 3.84. The lowest BCUT2D eigenvalue weighted by Gasteiger charge is -2.18. The average Bonchev–Trinajstić information content (AvgIpc) is 3.26. The second-order valence-corrected chi connectivity index (χ2v) is 7.35. The van der Waals surface area contributed by atoms with Crippen LogP contribution in [0.5, 0.6) is 11.5 Å². The summed E-state index contributed by atoms with van der Waals surface area (Å²) in [5, 5.41) is 6.14. The Morgan fingerprint density at radius 2 is 1.96 bits per heavy atom. The largest absolute Gasteiger partial charge is 0.486 e. The number of benzene rings is 2. The van der Waals surface area contributed by atoms with Crippen molar-refractivity contribution in [2.45, 2.75) is 6.42 Å². The van der Waals surface area contributed by atoms with Crippen LogP contribution in [0.4, 0.5) is 16.5 Å². The van der Waals surface area contributed by atoms with Crippen LogP contribution in [0.3, 0.4) is 0 Å². The Morgan fingerprint density at radius 3 is 2.85 bits per heavy atom. The molecule has 0 bridgehead atoms. The Bertz CT molecular complexity index is 1050. The molecule has 2 aromatic carbocycles. The van der Waals surface area contributed by atoms with Gasteiger partial charge in [0.15, 0.2) is 16.6 Å². The van der Waals surface area contributed by atoms with Crippen LogP contribution in [-0.2, 0) is 11.2 Å². The summed E-state index contributed by atoms with van der Waals surface area (Å²) in [6.45, 7) is 1.14. The van der Waals surface area contributed by atoms with Gasteiger partial charge in [0, 0.05) is 35.4 Å². The molecule has 1 aromatic heterocycles. The number of anilines is 3. The number of carbonyl (C=O) groups is 1. The molecule has 6 nitrogen and oxygen atoms in total. The van der Waals surface area contributed by atoms with E-state index in [-0.39, 0.29) is 5.91 Å². The highest BCUT2D eigenvalue weighted by molar-refractivity contribution is 7.14. The second-order valence-electron chi connectivity index (χ2n) is 6.49. The van der Waals surface area contributed by atoms with E-state index in [4.69, 9.17) is 9.47 Å². The number of nitrogens with one attached hydrogen (secondary N) is 1. The third kappa shape index (κ3) is 2.90. The number of aromatic nitrogens is 1. The zero-order valence-corrected chi connectivity index (χ0v) is 15.5. The molecule has 3 heterocycles. The van der Waals surface area contributed by atoms with Gasteiger partial charge in [0.05, 0.1) is 12.1 Å². The third-order valence-electron chi connectivity index (χ3n) is 4.75. The molecule has 1 amide bonds. The topological polar surface area (TPSA) is 63.7 Å². The molecule has 0 fully saturated rings. The van der Waals surface area contributed by atoms with E-state index in [0.717, 1.165) is 44.8 Å². The van der Waals surface area contributed by atoms with Crippen molar-refractivity contribution in [3.63, 3.8) is 0 Å². The van der Waals surface area contributed by atoms with Crippen LogP contribution in [0.1, 0.15) is 5.56 Å². The molecular weight excluding hydrogens is 362 g/mol. The maximum absolute atomic E-state index is 11.9. The van der Waals surface area contributed by atoms with Gasteiger partial charge in [-0.2, -0.15) is 0 Å². The fourth-order valence-electron chi connectivity index (χ4n) is 3.34. The first kappa shape index (κ1) is 16.1. The molecule has 0 spiro atoms. The molecule has 0 atom stereocenters. The summed E-state index contributed by atoms with van der Waals surface area (Å²) < 4.78 is 11.2. The smallest absolute Gasteiger partial charge is 0.231 e. The quantitative estimate of drug-likeness (QED) is 0.749. The molecule has 0 saturated carbocycles. The van der Waals surface area contributed by atoms with Crippen LogP contribution < -0.4 is 19.7 Å². The van der Waals surface area contributed by atoms with Gasteiger partial charge in [-0.1, -0.05) is 6.07 Å². The summed E-state index contributed by atoms with van der Waals surface area (Å²) in [5.41, 5.74) is 4.84. The lowest BCUT2D eigenvalue weighted by atomic mass is 10.1. The minimum atomic E-state index is 0.126. The first-order chi connectivity index (χ1) is 13.2. The van der Waals surface area contributed by atoms with E-state index in [1.165, 1.54) is 11.3 Å². The third-order valence-corrected chi connectivity index (χ3v) is 5.51. The van der Waals surface area contributed by atoms with E-state index in [9.17, 15) is 4.79 Å². The van der Waals surface area contributed by atoms with Crippen molar-refractivity contribution in [1.82, 2.24) is 4.98 Å². The summed E-state index contributed by atoms with van der Waals surface area (Å²) in [6.07, 6.45) is 0.451.